The predicted octanol–water partition coefficient (Wildman–Crippen LogP) is 11.5. The van der Waals surface area contributed by atoms with Crippen molar-refractivity contribution in [2.75, 3.05) is 0 Å². The first kappa shape index (κ1) is 29.5. The Hall–Kier alpha value is -6.38. The highest BCUT2D eigenvalue weighted by atomic mass is 16.3. The SMILES string of the molecule is N#Cc1ccc2c(c1)C1(CCCCC1)c1cc(-c3ccc(-c4nc(-c5ccccc5)nc(-c5cccc6c5oc5ccccc56)n4)cc3)ccc1-2. The molecule has 0 saturated heterocycles. The van der Waals surface area contributed by atoms with Gasteiger partial charge in [0.2, 0.25) is 0 Å². The van der Waals surface area contributed by atoms with Crippen LogP contribution in [0.25, 0.3) is 78.4 Å². The first-order valence-corrected chi connectivity index (χ1v) is 17.7. The molecule has 6 aromatic carbocycles. The number of rotatable bonds is 4. The molecule has 0 amide bonds. The minimum Gasteiger partial charge on any atom is -0.455 e. The number of aromatic nitrogens is 3. The summed E-state index contributed by atoms with van der Waals surface area (Å²) in [5, 5.41) is 11.8. The van der Waals surface area contributed by atoms with Crippen LogP contribution < -0.4 is 0 Å². The summed E-state index contributed by atoms with van der Waals surface area (Å²) in [4.78, 5) is 15.0. The van der Waals surface area contributed by atoms with Crippen LogP contribution in [-0.2, 0) is 5.41 Å². The molecule has 0 aliphatic heterocycles. The molecular weight excluding hydrogens is 625 g/mol. The first-order chi connectivity index (χ1) is 25.2. The fourth-order valence-corrected chi connectivity index (χ4v) is 8.52. The molecule has 0 unspecified atom stereocenters. The van der Waals surface area contributed by atoms with Gasteiger partial charge in [0, 0.05) is 27.3 Å². The van der Waals surface area contributed by atoms with Crippen LogP contribution in [-0.4, -0.2) is 15.0 Å². The van der Waals surface area contributed by atoms with Crippen molar-refractivity contribution in [3.05, 3.63) is 150 Å². The van der Waals surface area contributed by atoms with Crippen LogP contribution in [0.1, 0.15) is 48.8 Å². The molecule has 1 fully saturated rings. The number of furan rings is 1. The van der Waals surface area contributed by atoms with Crippen LogP contribution in [0.4, 0.5) is 0 Å². The van der Waals surface area contributed by atoms with Crippen LogP contribution in [0.2, 0.25) is 0 Å². The molecule has 1 spiro atoms. The molecule has 2 heterocycles. The molecule has 10 rings (SSSR count). The average Bonchev–Trinajstić information content (AvgIpc) is 3.71. The number of hydrogen-bond acceptors (Lipinski definition) is 5. The second-order valence-electron chi connectivity index (χ2n) is 13.8. The Kier molecular flexibility index (Phi) is 6.72. The van der Waals surface area contributed by atoms with Gasteiger partial charge >= 0.3 is 0 Å². The molecule has 2 aromatic heterocycles. The lowest BCUT2D eigenvalue weighted by molar-refractivity contribution is 0.353. The summed E-state index contributed by atoms with van der Waals surface area (Å²) < 4.78 is 6.38. The van der Waals surface area contributed by atoms with E-state index in [-0.39, 0.29) is 5.41 Å². The minimum atomic E-state index is -0.0243. The topological polar surface area (TPSA) is 75.6 Å². The van der Waals surface area contributed by atoms with Gasteiger partial charge in [-0.25, -0.2) is 15.0 Å². The van der Waals surface area contributed by atoms with Crippen molar-refractivity contribution in [1.82, 2.24) is 15.0 Å². The zero-order valence-electron chi connectivity index (χ0n) is 27.9. The van der Waals surface area contributed by atoms with Crippen molar-refractivity contribution in [3.63, 3.8) is 0 Å². The monoisotopic (exact) mass is 656 g/mol. The lowest BCUT2D eigenvalue weighted by Crippen LogP contribution is -2.28. The number of nitriles is 1. The van der Waals surface area contributed by atoms with Gasteiger partial charge in [0.05, 0.1) is 17.2 Å². The van der Waals surface area contributed by atoms with Crippen LogP contribution in [0.15, 0.2) is 138 Å². The smallest absolute Gasteiger partial charge is 0.167 e. The number of nitrogens with zero attached hydrogens (tertiary/aromatic N) is 4. The Labute approximate surface area is 295 Å². The molecular formula is C46H32N4O. The molecule has 0 N–H and O–H groups in total. The van der Waals surface area contributed by atoms with E-state index in [2.05, 4.69) is 72.8 Å². The Bertz CT molecular complexity index is 2680. The summed E-state index contributed by atoms with van der Waals surface area (Å²) in [7, 11) is 0. The Morgan fingerprint density at radius 3 is 1.92 bits per heavy atom. The van der Waals surface area contributed by atoms with Gasteiger partial charge in [-0.2, -0.15) is 5.26 Å². The molecule has 0 radical (unpaired) electrons. The summed E-state index contributed by atoms with van der Waals surface area (Å²) in [6.45, 7) is 0. The lowest BCUT2D eigenvalue weighted by Gasteiger charge is -2.36. The van der Waals surface area contributed by atoms with Crippen molar-refractivity contribution in [3.8, 4) is 62.5 Å². The summed E-state index contributed by atoms with van der Waals surface area (Å²) in [5.41, 5.74) is 12.7. The van der Waals surface area contributed by atoms with Gasteiger partial charge in [-0.15, -0.1) is 0 Å². The highest BCUT2D eigenvalue weighted by molar-refractivity contribution is 6.09. The Morgan fingerprint density at radius 2 is 1.14 bits per heavy atom. The van der Waals surface area contributed by atoms with Crippen LogP contribution in [0.5, 0.6) is 0 Å². The fourth-order valence-electron chi connectivity index (χ4n) is 8.52. The van der Waals surface area contributed by atoms with E-state index in [1.807, 2.05) is 66.7 Å². The van der Waals surface area contributed by atoms with E-state index in [1.165, 1.54) is 47.1 Å². The van der Waals surface area contributed by atoms with Crippen molar-refractivity contribution in [2.45, 2.75) is 37.5 Å². The largest absolute Gasteiger partial charge is 0.455 e. The van der Waals surface area contributed by atoms with E-state index in [0.717, 1.165) is 62.6 Å². The van der Waals surface area contributed by atoms with Crippen molar-refractivity contribution < 1.29 is 4.42 Å². The molecule has 5 heteroatoms. The highest BCUT2D eigenvalue weighted by Gasteiger charge is 2.44. The van der Waals surface area contributed by atoms with Gasteiger partial charge in [-0.05, 0) is 76.6 Å². The van der Waals surface area contributed by atoms with E-state index < -0.39 is 0 Å². The summed E-state index contributed by atoms with van der Waals surface area (Å²) in [6, 6.07) is 48.5. The first-order valence-electron chi connectivity index (χ1n) is 17.7. The molecule has 5 nitrogen and oxygen atoms in total. The fraction of sp³-hybridized carbons (Fsp3) is 0.130. The van der Waals surface area contributed by atoms with E-state index in [9.17, 15) is 5.26 Å². The van der Waals surface area contributed by atoms with Crippen molar-refractivity contribution >= 4 is 21.9 Å². The number of benzene rings is 6. The van der Waals surface area contributed by atoms with E-state index in [0.29, 0.717) is 17.5 Å². The van der Waals surface area contributed by atoms with E-state index >= 15 is 0 Å². The predicted molar refractivity (Wildman–Crippen MR) is 203 cm³/mol. The minimum absolute atomic E-state index is 0.0243. The average molecular weight is 657 g/mol. The Morgan fingerprint density at radius 1 is 0.510 bits per heavy atom. The number of hydrogen-bond donors (Lipinski definition) is 0. The maximum absolute atomic E-state index is 9.72. The van der Waals surface area contributed by atoms with Gasteiger partial charge in [-0.1, -0.05) is 122 Å². The molecule has 8 aromatic rings. The van der Waals surface area contributed by atoms with E-state index in [4.69, 9.17) is 19.4 Å². The summed E-state index contributed by atoms with van der Waals surface area (Å²) >= 11 is 0. The van der Waals surface area contributed by atoms with Gasteiger partial charge in [0.25, 0.3) is 0 Å². The van der Waals surface area contributed by atoms with Gasteiger partial charge in [0.15, 0.2) is 17.5 Å². The highest BCUT2D eigenvalue weighted by Crippen LogP contribution is 2.56. The van der Waals surface area contributed by atoms with Gasteiger partial charge < -0.3 is 4.42 Å². The molecule has 242 valence electrons. The second kappa shape index (κ2) is 11.6. The van der Waals surface area contributed by atoms with Gasteiger partial charge in [-0.3, -0.25) is 0 Å². The number of fused-ring (bicyclic) bond motifs is 8. The third-order valence-electron chi connectivity index (χ3n) is 11.0. The molecule has 0 atom stereocenters. The quantitative estimate of drug-likeness (QED) is 0.188. The summed E-state index contributed by atoms with van der Waals surface area (Å²) in [5.74, 6) is 1.80. The third kappa shape index (κ3) is 4.71. The van der Waals surface area contributed by atoms with Crippen LogP contribution in [0, 0.1) is 11.3 Å². The van der Waals surface area contributed by atoms with E-state index in [1.54, 1.807) is 0 Å². The zero-order valence-corrected chi connectivity index (χ0v) is 27.9. The van der Waals surface area contributed by atoms with Crippen molar-refractivity contribution in [2.24, 2.45) is 0 Å². The third-order valence-corrected chi connectivity index (χ3v) is 11.0. The zero-order chi connectivity index (χ0) is 33.9. The number of para-hydroxylation sites is 2. The Balaban J connectivity index is 1.06. The summed E-state index contributed by atoms with van der Waals surface area (Å²) in [6.07, 6.45) is 5.93. The van der Waals surface area contributed by atoms with Gasteiger partial charge in [0.1, 0.15) is 11.2 Å². The normalized spacial score (nSPS) is 14.4. The van der Waals surface area contributed by atoms with Crippen LogP contribution >= 0.6 is 0 Å². The lowest BCUT2D eigenvalue weighted by atomic mass is 9.67. The molecule has 51 heavy (non-hydrogen) atoms. The maximum Gasteiger partial charge on any atom is 0.167 e. The van der Waals surface area contributed by atoms with Crippen molar-refractivity contribution in [1.29, 1.82) is 5.26 Å². The second-order valence-corrected chi connectivity index (χ2v) is 13.8. The van der Waals surface area contributed by atoms with Crippen LogP contribution in [0.3, 0.4) is 0 Å². The molecule has 1 saturated carbocycles. The standard InChI is InChI=1S/C46H32N4O/c47-28-29-16-22-34-35-23-21-33(27-40(35)46(39(34)26-29)24-7-2-8-25-46)30-17-19-32(20-18-30)44-48-43(31-10-3-1-4-11-31)49-45(50-44)38-14-9-13-37-36-12-5-6-15-41(36)51-42(37)38/h1,3-6,9-23,26-27H,2,7-8,24-25H2. The maximum atomic E-state index is 9.72. The molecule has 2 aliphatic rings. The molecule has 2 aliphatic carbocycles. The molecule has 0 bridgehead atoms.